The number of aryl methyl sites for hydroxylation is 1. The number of nitrogens with zero attached hydrogens (tertiary/aromatic N) is 3. The van der Waals surface area contributed by atoms with E-state index in [9.17, 15) is 8.42 Å². The highest BCUT2D eigenvalue weighted by atomic mass is 35.5. The van der Waals surface area contributed by atoms with Gasteiger partial charge < -0.3 is 9.88 Å². The molecule has 1 saturated heterocycles. The lowest BCUT2D eigenvalue weighted by atomic mass is 10.1. The van der Waals surface area contributed by atoms with Gasteiger partial charge in [-0.3, -0.25) is 0 Å². The predicted octanol–water partition coefficient (Wildman–Crippen LogP) is 1.89. The molecule has 0 radical (unpaired) electrons. The van der Waals surface area contributed by atoms with Gasteiger partial charge in [0.05, 0.1) is 18.6 Å². The molecule has 0 saturated carbocycles. The van der Waals surface area contributed by atoms with Crippen LogP contribution >= 0.6 is 11.6 Å². The van der Waals surface area contributed by atoms with Crippen molar-refractivity contribution in [2.45, 2.75) is 24.5 Å². The molecule has 124 valence electrons. The largest absolute Gasteiger partial charge is 0.321 e. The zero-order valence-corrected chi connectivity index (χ0v) is 14.4. The van der Waals surface area contributed by atoms with Crippen molar-refractivity contribution in [1.82, 2.24) is 19.2 Å². The van der Waals surface area contributed by atoms with Crippen LogP contribution in [0.3, 0.4) is 0 Å². The Morgan fingerprint density at radius 2 is 2.26 bits per heavy atom. The monoisotopic (exact) mass is 354 g/mol. The van der Waals surface area contributed by atoms with E-state index in [-0.39, 0.29) is 11.1 Å². The van der Waals surface area contributed by atoms with Crippen molar-refractivity contribution in [3.63, 3.8) is 0 Å². The molecule has 6 nitrogen and oxygen atoms in total. The van der Waals surface area contributed by atoms with Gasteiger partial charge in [-0.25, -0.2) is 13.4 Å². The topological polar surface area (TPSA) is 67.2 Å². The maximum atomic E-state index is 13.1. The van der Waals surface area contributed by atoms with E-state index in [1.807, 2.05) is 25.1 Å². The molecule has 0 amide bonds. The number of sulfonamides is 1. The quantitative estimate of drug-likeness (QED) is 0.910. The number of benzene rings is 1. The smallest absolute Gasteiger partial charge is 0.260 e. The van der Waals surface area contributed by atoms with Gasteiger partial charge in [-0.05, 0) is 24.6 Å². The summed E-state index contributed by atoms with van der Waals surface area (Å²) in [5.41, 5.74) is 0.885. The highest BCUT2D eigenvalue weighted by molar-refractivity contribution is 7.89. The summed E-state index contributed by atoms with van der Waals surface area (Å²) in [5, 5.41) is 4.09. The van der Waals surface area contributed by atoms with Crippen molar-refractivity contribution >= 4 is 21.6 Å². The van der Waals surface area contributed by atoms with Crippen LogP contribution in [0.5, 0.6) is 0 Å². The van der Waals surface area contributed by atoms with Gasteiger partial charge in [0, 0.05) is 31.2 Å². The molecule has 1 N–H and O–H groups in total. The average molecular weight is 355 g/mol. The summed E-state index contributed by atoms with van der Waals surface area (Å²) in [6.07, 6.45) is 2.96. The van der Waals surface area contributed by atoms with Gasteiger partial charge >= 0.3 is 0 Å². The lowest BCUT2D eigenvalue weighted by molar-refractivity contribution is 0.270. The molecule has 1 fully saturated rings. The summed E-state index contributed by atoms with van der Waals surface area (Å²) in [5.74, 6) is 0. The second kappa shape index (κ2) is 6.60. The fourth-order valence-corrected chi connectivity index (χ4v) is 4.82. The minimum absolute atomic E-state index is 0.230. The van der Waals surface area contributed by atoms with Crippen LogP contribution in [0.4, 0.5) is 0 Å². The molecular formula is C15H19ClN4O2S. The van der Waals surface area contributed by atoms with E-state index >= 15 is 0 Å². The molecule has 3 rings (SSSR count). The van der Waals surface area contributed by atoms with Crippen molar-refractivity contribution in [3.8, 4) is 0 Å². The fourth-order valence-electron chi connectivity index (χ4n) is 2.85. The molecule has 0 spiro atoms. The second-order valence-corrected chi connectivity index (χ2v) is 7.68. The van der Waals surface area contributed by atoms with Crippen molar-refractivity contribution in [3.05, 3.63) is 47.4 Å². The Hall–Kier alpha value is -1.41. The maximum absolute atomic E-state index is 13.1. The van der Waals surface area contributed by atoms with E-state index in [0.29, 0.717) is 31.2 Å². The molecule has 1 atom stereocenters. The maximum Gasteiger partial charge on any atom is 0.260 e. The van der Waals surface area contributed by atoms with Crippen LogP contribution in [0, 0.1) is 0 Å². The third-order valence-corrected chi connectivity index (χ3v) is 6.17. The van der Waals surface area contributed by atoms with E-state index in [1.54, 1.807) is 21.3 Å². The highest BCUT2D eigenvalue weighted by Crippen LogP contribution is 2.30. The van der Waals surface area contributed by atoms with E-state index in [2.05, 4.69) is 10.3 Å². The molecule has 1 unspecified atom stereocenters. The first-order valence-corrected chi connectivity index (χ1v) is 9.34. The number of aromatic nitrogens is 2. The minimum atomic E-state index is -3.62. The lowest BCUT2D eigenvalue weighted by Crippen LogP contribution is -2.48. The van der Waals surface area contributed by atoms with E-state index in [1.165, 1.54) is 6.20 Å². The number of imidazole rings is 1. The molecule has 2 heterocycles. The first kappa shape index (κ1) is 16.4. The summed E-state index contributed by atoms with van der Waals surface area (Å²) < 4.78 is 29.4. The van der Waals surface area contributed by atoms with Gasteiger partial charge in [0.25, 0.3) is 10.0 Å². The van der Waals surface area contributed by atoms with Crippen molar-refractivity contribution < 1.29 is 8.42 Å². The molecule has 2 aromatic rings. The number of nitrogens with one attached hydrogen (secondary N) is 1. The van der Waals surface area contributed by atoms with Crippen LogP contribution in [0.1, 0.15) is 18.5 Å². The van der Waals surface area contributed by atoms with Gasteiger partial charge in [-0.2, -0.15) is 4.31 Å². The van der Waals surface area contributed by atoms with Crippen LogP contribution in [0.15, 0.2) is 41.8 Å². The fraction of sp³-hybridized carbons (Fsp3) is 0.400. The van der Waals surface area contributed by atoms with Crippen molar-refractivity contribution in [2.24, 2.45) is 0 Å². The lowest BCUT2D eigenvalue weighted by Gasteiger charge is -2.35. The Morgan fingerprint density at radius 1 is 1.43 bits per heavy atom. The average Bonchev–Trinajstić information content (AvgIpc) is 3.04. The molecule has 8 heteroatoms. The van der Waals surface area contributed by atoms with Crippen LogP contribution in [0.2, 0.25) is 5.02 Å². The van der Waals surface area contributed by atoms with Gasteiger partial charge in [0.1, 0.15) is 0 Å². The summed E-state index contributed by atoms with van der Waals surface area (Å²) in [4.78, 5) is 3.99. The Morgan fingerprint density at radius 3 is 3.00 bits per heavy atom. The molecular weight excluding hydrogens is 336 g/mol. The first-order valence-electron chi connectivity index (χ1n) is 7.52. The van der Waals surface area contributed by atoms with Gasteiger partial charge in [0.15, 0.2) is 5.03 Å². The second-order valence-electron chi connectivity index (χ2n) is 5.41. The number of hydrogen-bond acceptors (Lipinski definition) is 4. The number of piperazine rings is 1. The van der Waals surface area contributed by atoms with Gasteiger partial charge in [-0.1, -0.05) is 23.7 Å². The zero-order chi connectivity index (χ0) is 16.4. The Labute approximate surface area is 141 Å². The summed E-state index contributed by atoms with van der Waals surface area (Å²) in [7, 11) is -3.62. The molecule has 23 heavy (non-hydrogen) atoms. The first-order chi connectivity index (χ1) is 11.0. The van der Waals surface area contributed by atoms with E-state index < -0.39 is 10.0 Å². The molecule has 1 aromatic carbocycles. The third kappa shape index (κ3) is 3.14. The Kier molecular flexibility index (Phi) is 4.72. The minimum Gasteiger partial charge on any atom is -0.321 e. The van der Waals surface area contributed by atoms with Crippen LogP contribution in [-0.2, 0) is 16.6 Å². The van der Waals surface area contributed by atoms with Gasteiger partial charge in [0.2, 0.25) is 0 Å². The highest BCUT2D eigenvalue weighted by Gasteiger charge is 2.36. The normalized spacial score (nSPS) is 19.8. The Bertz CT molecular complexity index is 790. The summed E-state index contributed by atoms with van der Waals surface area (Å²) >= 11 is 6.07. The summed E-state index contributed by atoms with van der Waals surface area (Å²) in [6.45, 7) is 4.04. The number of rotatable bonds is 4. The predicted molar refractivity (Wildman–Crippen MR) is 88.9 cm³/mol. The van der Waals surface area contributed by atoms with Gasteiger partial charge in [-0.15, -0.1) is 0 Å². The summed E-state index contributed by atoms with van der Waals surface area (Å²) in [6, 6.07) is 7.06. The van der Waals surface area contributed by atoms with Crippen LogP contribution in [0.25, 0.3) is 0 Å². The number of halogens is 1. The zero-order valence-electron chi connectivity index (χ0n) is 12.8. The SMILES string of the molecule is CCn1cncc1S(=O)(=O)N1CCNCC1c1cccc(Cl)c1. The molecule has 1 aliphatic heterocycles. The number of hydrogen-bond donors (Lipinski definition) is 1. The standard InChI is InChI=1S/C15H19ClN4O2S/c1-2-19-11-18-10-15(19)23(21,22)20-7-6-17-9-14(20)12-4-3-5-13(16)8-12/h3-5,8,10-11,14,17H,2,6-7,9H2,1H3. The van der Waals surface area contributed by atoms with E-state index in [4.69, 9.17) is 11.6 Å². The molecule has 1 aliphatic rings. The molecule has 0 bridgehead atoms. The Balaban J connectivity index is 2.01. The van der Waals surface area contributed by atoms with Crippen LogP contribution in [-0.4, -0.2) is 41.9 Å². The van der Waals surface area contributed by atoms with Crippen molar-refractivity contribution in [2.75, 3.05) is 19.6 Å². The third-order valence-electron chi connectivity index (χ3n) is 4.02. The molecule has 0 aliphatic carbocycles. The van der Waals surface area contributed by atoms with E-state index in [0.717, 1.165) is 5.56 Å². The van der Waals surface area contributed by atoms with Crippen molar-refractivity contribution in [1.29, 1.82) is 0 Å². The van der Waals surface area contributed by atoms with Crippen LogP contribution < -0.4 is 5.32 Å². The molecule has 1 aromatic heterocycles.